The molecule has 0 unspecified atom stereocenters. The van der Waals surface area contributed by atoms with Crippen LogP contribution in [-0.2, 0) is 10.4 Å². The molecule has 1 fully saturated rings. The number of amides is 1. The second kappa shape index (κ2) is 7.55. The van der Waals surface area contributed by atoms with Gasteiger partial charge in [0.2, 0.25) is 11.5 Å². The first-order valence-electron chi connectivity index (χ1n) is 9.07. The molecule has 10 heteroatoms. The Bertz CT molecular complexity index is 1040. The number of aliphatic hydroxyl groups is 1. The summed E-state index contributed by atoms with van der Waals surface area (Å²) in [6.45, 7) is 0.0293. The minimum atomic E-state index is -1.71. The van der Waals surface area contributed by atoms with Gasteiger partial charge in [0, 0.05) is 38.8 Å². The Morgan fingerprint density at radius 2 is 2.00 bits per heavy atom. The quantitative estimate of drug-likeness (QED) is 0.643. The number of likely N-dealkylation sites (N-methyl/N-ethyl adjacent to an activating group) is 1. The normalized spacial score (nSPS) is 19.0. The molecule has 0 bridgehead atoms. The Morgan fingerprint density at radius 3 is 2.72 bits per heavy atom. The average molecular weight is 398 g/mol. The molecular weight excluding hydrogens is 379 g/mol. The monoisotopic (exact) mass is 398 g/mol. The van der Waals surface area contributed by atoms with E-state index in [0.29, 0.717) is 35.3 Å². The van der Waals surface area contributed by atoms with Crippen molar-refractivity contribution < 1.29 is 18.8 Å². The van der Waals surface area contributed by atoms with Crippen molar-refractivity contribution in [2.75, 3.05) is 32.1 Å². The molecule has 1 atom stereocenters. The number of rotatable bonds is 6. The number of hydrogen-bond donors (Lipinski definition) is 2. The number of carbonyl (C=O) groups is 1. The summed E-state index contributed by atoms with van der Waals surface area (Å²) in [7, 11) is 1.63. The number of aromatic nitrogens is 4. The zero-order chi connectivity index (χ0) is 20.4. The number of nitrogens with one attached hydrogen (secondary N) is 1. The zero-order valence-corrected chi connectivity index (χ0v) is 15.7. The van der Waals surface area contributed by atoms with E-state index in [0.717, 1.165) is 0 Å². The highest BCUT2D eigenvalue weighted by Crippen LogP contribution is 2.34. The van der Waals surface area contributed by atoms with E-state index in [9.17, 15) is 14.3 Å². The Hall–Kier alpha value is -3.40. The van der Waals surface area contributed by atoms with Gasteiger partial charge in [-0.1, -0.05) is 11.2 Å². The standard InChI is InChI=1S/C19H19FN6O3/c1-26-10-6-19(28,17(26)27)16-11-15(25-29-16)13-4-2-3-12(23-13)14-5-8-21-18(24-14)22-9-7-20/h2-5,8,11,28H,6-7,9-10H2,1H3,(H,21,22,24)/t19-/m1/s1. The fourth-order valence-corrected chi connectivity index (χ4v) is 3.14. The minimum absolute atomic E-state index is 0.0915. The summed E-state index contributed by atoms with van der Waals surface area (Å²) >= 11 is 0. The molecule has 0 saturated carbocycles. The molecule has 1 amide bonds. The van der Waals surface area contributed by atoms with E-state index in [1.54, 1.807) is 37.5 Å². The smallest absolute Gasteiger partial charge is 0.262 e. The van der Waals surface area contributed by atoms with Gasteiger partial charge < -0.3 is 19.8 Å². The Labute approximate surface area is 165 Å². The van der Waals surface area contributed by atoms with Crippen molar-refractivity contribution >= 4 is 11.9 Å². The van der Waals surface area contributed by atoms with Crippen LogP contribution in [0.15, 0.2) is 41.1 Å². The number of anilines is 1. The molecule has 29 heavy (non-hydrogen) atoms. The fourth-order valence-electron chi connectivity index (χ4n) is 3.14. The van der Waals surface area contributed by atoms with Crippen LogP contribution in [0.2, 0.25) is 0 Å². The van der Waals surface area contributed by atoms with Crippen molar-refractivity contribution in [1.29, 1.82) is 0 Å². The van der Waals surface area contributed by atoms with Crippen molar-refractivity contribution in [1.82, 2.24) is 25.0 Å². The largest absolute Gasteiger partial charge is 0.373 e. The first-order chi connectivity index (χ1) is 14.0. The van der Waals surface area contributed by atoms with Crippen molar-refractivity contribution in [2.45, 2.75) is 12.0 Å². The highest BCUT2D eigenvalue weighted by Gasteiger charge is 2.48. The van der Waals surface area contributed by atoms with Crippen LogP contribution >= 0.6 is 0 Å². The van der Waals surface area contributed by atoms with Gasteiger partial charge >= 0.3 is 0 Å². The fraction of sp³-hybridized carbons (Fsp3) is 0.316. The number of carbonyl (C=O) groups excluding carboxylic acids is 1. The van der Waals surface area contributed by atoms with Crippen LogP contribution in [0.4, 0.5) is 10.3 Å². The van der Waals surface area contributed by atoms with Gasteiger partial charge in [0.05, 0.1) is 17.1 Å². The molecule has 0 aromatic carbocycles. The molecule has 1 aliphatic heterocycles. The predicted octanol–water partition coefficient (Wildman–Crippen LogP) is 1.62. The number of alkyl halides is 1. The maximum absolute atomic E-state index is 12.3. The van der Waals surface area contributed by atoms with E-state index in [1.165, 1.54) is 11.0 Å². The van der Waals surface area contributed by atoms with Crippen molar-refractivity contribution in [3.8, 4) is 22.8 Å². The molecule has 9 nitrogen and oxygen atoms in total. The van der Waals surface area contributed by atoms with Crippen LogP contribution in [0.3, 0.4) is 0 Å². The second-order valence-electron chi connectivity index (χ2n) is 6.70. The Balaban J connectivity index is 1.62. The van der Waals surface area contributed by atoms with Gasteiger partial charge in [0.1, 0.15) is 12.4 Å². The van der Waals surface area contributed by atoms with Crippen LogP contribution in [0, 0.1) is 0 Å². The van der Waals surface area contributed by atoms with Gasteiger partial charge in [-0.25, -0.2) is 19.3 Å². The Morgan fingerprint density at radius 1 is 1.24 bits per heavy atom. The van der Waals surface area contributed by atoms with E-state index in [2.05, 4.69) is 25.4 Å². The summed E-state index contributed by atoms with van der Waals surface area (Å²) in [6, 6.07) is 8.51. The zero-order valence-electron chi connectivity index (χ0n) is 15.7. The first kappa shape index (κ1) is 18.9. The van der Waals surface area contributed by atoms with Crippen LogP contribution < -0.4 is 5.32 Å². The molecule has 0 radical (unpaired) electrons. The number of nitrogens with zero attached hydrogens (tertiary/aromatic N) is 5. The van der Waals surface area contributed by atoms with Gasteiger partial charge in [0.15, 0.2) is 5.76 Å². The molecular formula is C19H19FN6O3. The van der Waals surface area contributed by atoms with Gasteiger partial charge in [-0.15, -0.1) is 0 Å². The summed E-state index contributed by atoms with van der Waals surface area (Å²) in [5.74, 6) is -0.0211. The third kappa shape index (κ3) is 3.54. The van der Waals surface area contributed by atoms with E-state index in [1.807, 2.05) is 0 Å². The lowest BCUT2D eigenvalue weighted by atomic mass is 9.98. The predicted molar refractivity (Wildman–Crippen MR) is 101 cm³/mol. The maximum Gasteiger partial charge on any atom is 0.262 e. The molecule has 4 heterocycles. The maximum atomic E-state index is 12.3. The van der Waals surface area contributed by atoms with Crippen LogP contribution in [0.25, 0.3) is 22.8 Å². The summed E-state index contributed by atoms with van der Waals surface area (Å²) in [5, 5.41) is 17.5. The van der Waals surface area contributed by atoms with Crippen molar-refractivity contribution in [2.24, 2.45) is 0 Å². The minimum Gasteiger partial charge on any atom is -0.373 e. The van der Waals surface area contributed by atoms with Gasteiger partial charge in [0.25, 0.3) is 5.91 Å². The van der Waals surface area contributed by atoms with E-state index in [-0.39, 0.29) is 18.7 Å². The topological polar surface area (TPSA) is 117 Å². The van der Waals surface area contributed by atoms with E-state index >= 15 is 0 Å². The summed E-state index contributed by atoms with van der Waals surface area (Å²) in [5.41, 5.74) is 0.298. The molecule has 150 valence electrons. The highest BCUT2D eigenvalue weighted by atomic mass is 19.1. The summed E-state index contributed by atoms with van der Waals surface area (Å²) in [6.07, 6.45) is 1.79. The molecule has 3 aromatic heterocycles. The molecule has 2 N–H and O–H groups in total. The summed E-state index contributed by atoms with van der Waals surface area (Å²) in [4.78, 5) is 26.6. The van der Waals surface area contributed by atoms with Crippen molar-refractivity contribution in [3.05, 3.63) is 42.3 Å². The second-order valence-corrected chi connectivity index (χ2v) is 6.70. The third-order valence-electron chi connectivity index (χ3n) is 4.73. The highest BCUT2D eigenvalue weighted by molar-refractivity contribution is 5.87. The van der Waals surface area contributed by atoms with Gasteiger partial charge in [-0.05, 0) is 18.2 Å². The van der Waals surface area contributed by atoms with Crippen LogP contribution in [0.1, 0.15) is 12.2 Å². The summed E-state index contributed by atoms with van der Waals surface area (Å²) < 4.78 is 17.6. The lowest BCUT2D eigenvalue weighted by Crippen LogP contribution is -2.35. The van der Waals surface area contributed by atoms with Gasteiger partial charge in [-0.3, -0.25) is 4.79 Å². The number of halogens is 1. The lowest BCUT2D eigenvalue weighted by Gasteiger charge is -2.16. The molecule has 0 aliphatic carbocycles. The molecule has 0 spiro atoms. The van der Waals surface area contributed by atoms with Crippen molar-refractivity contribution in [3.63, 3.8) is 0 Å². The van der Waals surface area contributed by atoms with Crippen LogP contribution in [0.5, 0.6) is 0 Å². The number of likely N-dealkylation sites (tertiary alicyclic amines) is 1. The third-order valence-corrected chi connectivity index (χ3v) is 4.73. The van der Waals surface area contributed by atoms with Crippen LogP contribution in [-0.4, -0.2) is 62.8 Å². The first-order valence-corrected chi connectivity index (χ1v) is 9.07. The van der Waals surface area contributed by atoms with Gasteiger partial charge in [-0.2, -0.15) is 0 Å². The number of hydrogen-bond acceptors (Lipinski definition) is 8. The van der Waals surface area contributed by atoms with E-state index in [4.69, 9.17) is 4.52 Å². The number of pyridine rings is 1. The Kier molecular flexibility index (Phi) is 4.93. The molecule has 3 aromatic rings. The van der Waals surface area contributed by atoms with E-state index < -0.39 is 18.2 Å². The molecule has 1 saturated heterocycles. The molecule has 1 aliphatic rings. The molecule has 4 rings (SSSR count). The SMILES string of the molecule is CN1CC[C@@](O)(c2cc(-c3cccc(-c4ccnc(NCCF)n4)n3)no2)C1=O. The average Bonchev–Trinajstić information content (AvgIpc) is 3.35. The lowest BCUT2D eigenvalue weighted by molar-refractivity contribution is -0.144.